The van der Waals surface area contributed by atoms with Crippen molar-refractivity contribution in [2.45, 2.75) is 57.9 Å². The van der Waals surface area contributed by atoms with Crippen LogP contribution in [0.2, 0.25) is 0 Å². The van der Waals surface area contributed by atoms with E-state index in [0.717, 1.165) is 61.8 Å². The molecule has 1 atom stereocenters. The molecule has 1 N–H and O–H groups in total. The smallest absolute Gasteiger partial charge is 0.493 e. The van der Waals surface area contributed by atoms with Crippen molar-refractivity contribution in [2.24, 2.45) is 5.41 Å². The lowest BCUT2D eigenvalue weighted by atomic mass is 9.80. The third-order valence-electron chi connectivity index (χ3n) is 7.28. The fourth-order valence-electron chi connectivity index (χ4n) is 4.74. The summed E-state index contributed by atoms with van der Waals surface area (Å²) in [5, 5.41) is 0. The fraction of sp³-hybridized carbons (Fsp3) is 0.519. The zero-order valence-corrected chi connectivity index (χ0v) is 22.0. The molecular formula is C27H32F4N2O3S. The molecule has 2 fully saturated rings. The molecule has 202 valence electrons. The average molecular weight is 541 g/mol. The summed E-state index contributed by atoms with van der Waals surface area (Å²) in [6.45, 7) is 6.25. The first-order valence-corrected chi connectivity index (χ1v) is 13.6. The number of nitrogens with zero attached hydrogens (tertiary/aromatic N) is 1. The number of benzene rings is 2. The SMILES string of the molecule is CSNC(=O)c1cc(C2CC2)c(OCC2(C)CCN([C@H](C)c3ccc(OC(F)(F)F)cc3)CC2)cc1F. The van der Waals surface area contributed by atoms with Crippen molar-refractivity contribution >= 4 is 17.9 Å². The van der Waals surface area contributed by atoms with Gasteiger partial charge >= 0.3 is 6.36 Å². The van der Waals surface area contributed by atoms with E-state index in [4.69, 9.17) is 4.74 Å². The van der Waals surface area contributed by atoms with Crippen molar-refractivity contribution in [3.8, 4) is 11.5 Å². The van der Waals surface area contributed by atoms with Crippen LogP contribution in [0.4, 0.5) is 17.6 Å². The van der Waals surface area contributed by atoms with Gasteiger partial charge < -0.3 is 9.47 Å². The Balaban J connectivity index is 1.35. The Labute approximate surface area is 219 Å². The third kappa shape index (κ3) is 7.10. The molecule has 37 heavy (non-hydrogen) atoms. The average Bonchev–Trinajstić information content (AvgIpc) is 3.68. The molecule has 0 radical (unpaired) electrons. The molecule has 2 aromatic rings. The van der Waals surface area contributed by atoms with Crippen LogP contribution in [0.3, 0.4) is 0 Å². The van der Waals surface area contributed by atoms with Gasteiger partial charge in [-0.1, -0.05) is 31.0 Å². The number of piperidine rings is 1. The Hall–Kier alpha value is -2.46. The van der Waals surface area contributed by atoms with Crippen LogP contribution in [0.5, 0.6) is 11.5 Å². The molecule has 2 aromatic carbocycles. The molecule has 1 aliphatic heterocycles. The molecule has 1 heterocycles. The molecular weight excluding hydrogens is 508 g/mol. The van der Waals surface area contributed by atoms with Gasteiger partial charge in [0.1, 0.15) is 17.3 Å². The predicted octanol–water partition coefficient (Wildman–Crippen LogP) is 6.85. The van der Waals surface area contributed by atoms with Gasteiger partial charge in [-0.15, -0.1) is 13.2 Å². The van der Waals surface area contributed by atoms with E-state index in [-0.39, 0.29) is 22.8 Å². The highest BCUT2D eigenvalue weighted by atomic mass is 32.2. The van der Waals surface area contributed by atoms with Crippen molar-refractivity contribution in [1.29, 1.82) is 0 Å². The van der Waals surface area contributed by atoms with Gasteiger partial charge in [-0.25, -0.2) is 4.39 Å². The number of hydrogen-bond donors (Lipinski definition) is 1. The summed E-state index contributed by atoms with van der Waals surface area (Å²) < 4.78 is 64.7. The molecule has 0 aromatic heterocycles. The second-order valence-corrected chi connectivity index (χ2v) is 10.8. The van der Waals surface area contributed by atoms with Gasteiger partial charge in [-0.2, -0.15) is 0 Å². The summed E-state index contributed by atoms with van der Waals surface area (Å²) in [7, 11) is 0. The molecule has 5 nitrogen and oxygen atoms in total. The predicted molar refractivity (Wildman–Crippen MR) is 135 cm³/mol. The number of carbonyl (C=O) groups is 1. The summed E-state index contributed by atoms with van der Waals surface area (Å²) in [4.78, 5) is 14.5. The zero-order valence-electron chi connectivity index (χ0n) is 21.2. The Morgan fingerprint density at radius 2 is 1.84 bits per heavy atom. The maximum Gasteiger partial charge on any atom is 0.573 e. The van der Waals surface area contributed by atoms with Gasteiger partial charge in [0, 0.05) is 23.8 Å². The van der Waals surface area contributed by atoms with Crippen LogP contribution in [-0.4, -0.2) is 43.1 Å². The summed E-state index contributed by atoms with van der Waals surface area (Å²) >= 11 is 1.13. The topological polar surface area (TPSA) is 50.8 Å². The number of likely N-dealkylation sites (tertiary alicyclic amines) is 1. The number of alkyl halides is 3. The molecule has 4 rings (SSSR count). The summed E-state index contributed by atoms with van der Waals surface area (Å²) in [6, 6.07) is 9.03. The summed E-state index contributed by atoms with van der Waals surface area (Å²) in [5.41, 5.74) is 1.74. The molecule has 10 heteroatoms. The largest absolute Gasteiger partial charge is 0.573 e. The number of carbonyl (C=O) groups excluding carboxylic acids is 1. The van der Waals surface area contributed by atoms with Gasteiger partial charge in [-0.05, 0) is 80.9 Å². The second-order valence-electron chi connectivity index (χ2n) is 10.2. The lowest BCUT2D eigenvalue weighted by Gasteiger charge is -2.41. The van der Waals surface area contributed by atoms with E-state index < -0.39 is 18.1 Å². The monoisotopic (exact) mass is 540 g/mol. The molecule has 1 amide bonds. The van der Waals surface area contributed by atoms with Crippen LogP contribution in [0, 0.1) is 11.2 Å². The molecule has 1 saturated heterocycles. The Morgan fingerprint density at radius 3 is 2.41 bits per heavy atom. The highest BCUT2D eigenvalue weighted by Gasteiger charge is 2.35. The van der Waals surface area contributed by atoms with Crippen LogP contribution < -0.4 is 14.2 Å². The first-order valence-electron chi connectivity index (χ1n) is 12.4. The number of hydrogen-bond acceptors (Lipinski definition) is 5. The minimum Gasteiger partial charge on any atom is -0.493 e. The van der Waals surface area contributed by atoms with E-state index in [1.165, 1.54) is 18.2 Å². The molecule has 1 saturated carbocycles. The Bertz CT molecular complexity index is 1100. The summed E-state index contributed by atoms with van der Waals surface area (Å²) in [6.07, 6.45) is 0.732. The number of amides is 1. The highest BCUT2D eigenvalue weighted by Crippen LogP contribution is 2.46. The molecule has 0 bridgehead atoms. The zero-order chi connectivity index (χ0) is 26.8. The van der Waals surface area contributed by atoms with Gasteiger partial charge in [0.25, 0.3) is 5.91 Å². The Morgan fingerprint density at radius 1 is 1.19 bits per heavy atom. The first kappa shape index (κ1) is 27.6. The Kier molecular flexibility index (Phi) is 8.28. The van der Waals surface area contributed by atoms with Gasteiger partial charge in [0.2, 0.25) is 0 Å². The third-order valence-corrected chi connectivity index (χ3v) is 7.67. The van der Waals surface area contributed by atoms with E-state index in [2.05, 4.69) is 21.3 Å². The van der Waals surface area contributed by atoms with Crippen molar-refractivity contribution in [2.75, 3.05) is 26.0 Å². The van der Waals surface area contributed by atoms with Gasteiger partial charge in [0.05, 0.1) is 12.2 Å². The van der Waals surface area contributed by atoms with Crippen molar-refractivity contribution in [1.82, 2.24) is 9.62 Å². The quantitative estimate of drug-likeness (QED) is 0.278. The summed E-state index contributed by atoms with van der Waals surface area (Å²) in [5.74, 6) is -0.466. The minimum atomic E-state index is -4.71. The molecule has 2 aliphatic rings. The van der Waals surface area contributed by atoms with Crippen LogP contribution in [0.15, 0.2) is 36.4 Å². The highest BCUT2D eigenvalue weighted by molar-refractivity contribution is 7.97. The van der Waals surface area contributed by atoms with Crippen molar-refractivity contribution < 1.29 is 31.8 Å². The fourth-order valence-corrected chi connectivity index (χ4v) is 5.03. The minimum absolute atomic E-state index is 0.0371. The van der Waals surface area contributed by atoms with E-state index >= 15 is 0 Å². The van der Waals surface area contributed by atoms with E-state index in [0.29, 0.717) is 18.3 Å². The van der Waals surface area contributed by atoms with Gasteiger partial charge in [0.15, 0.2) is 0 Å². The van der Waals surface area contributed by atoms with Crippen LogP contribution in [0.1, 0.15) is 73.0 Å². The van der Waals surface area contributed by atoms with E-state index in [9.17, 15) is 22.4 Å². The number of halogens is 4. The van der Waals surface area contributed by atoms with Crippen LogP contribution >= 0.6 is 11.9 Å². The lowest BCUT2D eigenvalue weighted by Crippen LogP contribution is -2.42. The van der Waals surface area contributed by atoms with E-state index in [1.54, 1.807) is 24.5 Å². The standard InChI is InChI=1S/C27H32F4N2O3S/c1-17(18-6-8-20(9-7-18)36-27(29,30)31)33-12-10-26(2,11-13-33)16-35-24-15-23(28)22(25(34)32-37-3)14-21(24)19-4-5-19/h6-9,14-15,17,19H,4-5,10-13,16H2,1-3H3,(H,32,34)/t17-/m1/s1. The van der Waals surface area contributed by atoms with E-state index in [1.807, 2.05) is 6.92 Å². The number of rotatable bonds is 9. The van der Waals surface area contributed by atoms with Gasteiger partial charge in [-0.3, -0.25) is 14.4 Å². The number of nitrogens with one attached hydrogen (secondary N) is 1. The van der Waals surface area contributed by atoms with Crippen molar-refractivity contribution in [3.05, 3.63) is 58.9 Å². The first-order chi connectivity index (χ1) is 17.5. The number of ether oxygens (including phenoxy) is 2. The molecule has 0 unspecified atom stereocenters. The van der Waals surface area contributed by atoms with Crippen LogP contribution in [-0.2, 0) is 0 Å². The lowest BCUT2D eigenvalue weighted by molar-refractivity contribution is -0.274. The molecule has 1 aliphatic carbocycles. The van der Waals surface area contributed by atoms with Crippen LogP contribution in [0.25, 0.3) is 0 Å². The maximum atomic E-state index is 14.7. The maximum absolute atomic E-state index is 14.7. The normalized spacial score (nSPS) is 18.8. The second kappa shape index (κ2) is 11.1. The van der Waals surface area contributed by atoms with Crippen molar-refractivity contribution in [3.63, 3.8) is 0 Å². The molecule has 0 spiro atoms.